The van der Waals surface area contributed by atoms with Gasteiger partial charge in [0.15, 0.2) is 0 Å². The molecule has 2 heterocycles. The summed E-state index contributed by atoms with van der Waals surface area (Å²) in [4.78, 5) is 17.0. The van der Waals surface area contributed by atoms with Gasteiger partial charge in [-0.3, -0.25) is 9.10 Å². The molecule has 2 aliphatic rings. The van der Waals surface area contributed by atoms with E-state index in [0.29, 0.717) is 42.3 Å². The number of piperazine rings is 1. The first-order chi connectivity index (χ1) is 13.4. The number of carbonyl (C=O) groups excluding carboxylic acids is 1. The Morgan fingerprint density at radius 3 is 2.29 bits per heavy atom. The van der Waals surface area contributed by atoms with Crippen LogP contribution in [0.1, 0.15) is 16.8 Å². The number of sulfonamides is 1. The second-order valence-electron chi connectivity index (χ2n) is 7.05. The Hall–Kier alpha value is -2.25. The minimum Gasteiger partial charge on any atom is -0.368 e. The van der Waals surface area contributed by atoms with Crippen LogP contribution in [0.25, 0.3) is 0 Å². The number of nitrogens with zero attached hydrogens (tertiary/aromatic N) is 3. The molecule has 2 aliphatic heterocycles. The average Bonchev–Trinajstić information content (AvgIpc) is 3.07. The molecule has 0 saturated carbocycles. The number of hydrogen-bond acceptors (Lipinski definition) is 4. The van der Waals surface area contributed by atoms with Crippen LogP contribution in [-0.2, 0) is 10.0 Å². The van der Waals surface area contributed by atoms with Gasteiger partial charge in [-0.05, 0) is 42.8 Å². The van der Waals surface area contributed by atoms with Gasteiger partial charge in [0.1, 0.15) is 0 Å². The summed E-state index contributed by atoms with van der Waals surface area (Å²) in [6.45, 7) is 3.14. The third kappa shape index (κ3) is 3.82. The summed E-state index contributed by atoms with van der Waals surface area (Å²) < 4.78 is 25.7. The second-order valence-corrected chi connectivity index (χ2v) is 9.50. The standard InChI is InChI=1S/C20H22ClN3O3S/c21-17-5-2-6-18(15-17)22-9-11-23(12-10-22)20(25)16-4-1-7-19(14-16)24-8-3-13-28(24,26)27/h1-2,4-7,14-15H,3,8-13H2. The van der Waals surface area contributed by atoms with Crippen molar-refractivity contribution in [1.82, 2.24) is 4.90 Å². The zero-order chi connectivity index (χ0) is 19.7. The van der Waals surface area contributed by atoms with Crippen LogP contribution in [0.5, 0.6) is 0 Å². The van der Waals surface area contributed by atoms with Crippen LogP contribution in [0.3, 0.4) is 0 Å². The monoisotopic (exact) mass is 419 g/mol. The van der Waals surface area contributed by atoms with Crippen molar-refractivity contribution in [1.29, 1.82) is 0 Å². The zero-order valence-electron chi connectivity index (χ0n) is 15.4. The number of amides is 1. The van der Waals surface area contributed by atoms with E-state index in [2.05, 4.69) is 4.90 Å². The van der Waals surface area contributed by atoms with Crippen molar-refractivity contribution in [3.63, 3.8) is 0 Å². The third-order valence-electron chi connectivity index (χ3n) is 5.22. The first-order valence-electron chi connectivity index (χ1n) is 9.34. The molecule has 0 unspecified atom stereocenters. The molecule has 2 fully saturated rings. The van der Waals surface area contributed by atoms with Crippen molar-refractivity contribution in [2.75, 3.05) is 47.7 Å². The lowest BCUT2D eigenvalue weighted by Gasteiger charge is -2.36. The SMILES string of the molecule is O=C(c1cccc(N2CCCS2(=O)=O)c1)N1CCN(c2cccc(Cl)c2)CC1. The second kappa shape index (κ2) is 7.64. The minimum absolute atomic E-state index is 0.0656. The molecule has 0 radical (unpaired) electrons. The van der Waals surface area contributed by atoms with Gasteiger partial charge in [-0.15, -0.1) is 0 Å². The summed E-state index contributed by atoms with van der Waals surface area (Å²) in [5, 5.41) is 0.699. The smallest absolute Gasteiger partial charge is 0.254 e. The molecule has 2 aromatic carbocycles. The topological polar surface area (TPSA) is 60.9 Å². The summed E-state index contributed by atoms with van der Waals surface area (Å²) in [5.74, 6) is 0.0978. The minimum atomic E-state index is -3.26. The number of anilines is 2. The van der Waals surface area contributed by atoms with Gasteiger partial charge in [-0.2, -0.15) is 0 Å². The fourth-order valence-electron chi connectivity index (χ4n) is 3.75. The van der Waals surface area contributed by atoms with E-state index in [1.807, 2.05) is 29.2 Å². The molecule has 0 bridgehead atoms. The van der Waals surface area contributed by atoms with Crippen molar-refractivity contribution in [2.45, 2.75) is 6.42 Å². The molecule has 8 heteroatoms. The lowest BCUT2D eigenvalue weighted by Crippen LogP contribution is -2.48. The van der Waals surface area contributed by atoms with Crippen LogP contribution in [0.4, 0.5) is 11.4 Å². The summed E-state index contributed by atoms with van der Waals surface area (Å²) in [6.07, 6.45) is 0.617. The van der Waals surface area contributed by atoms with Crippen LogP contribution in [-0.4, -0.2) is 57.7 Å². The van der Waals surface area contributed by atoms with E-state index in [9.17, 15) is 13.2 Å². The Labute approximate surface area is 170 Å². The third-order valence-corrected chi connectivity index (χ3v) is 7.33. The van der Waals surface area contributed by atoms with Crippen LogP contribution < -0.4 is 9.21 Å². The first kappa shape index (κ1) is 19.1. The molecule has 0 N–H and O–H groups in total. The van der Waals surface area contributed by atoms with E-state index in [4.69, 9.17) is 11.6 Å². The maximum Gasteiger partial charge on any atom is 0.254 e. The lowest BCUT2D eigenvalue weighted by atomic mass is 10.1. The quantitative estimate of drug-likeness (QED) is 0.767. The molecule has 1 amide bonds. The van der Waals surface area contributed by atoms with Gasteiger partial charge in [0.05, 0.1) is 11.4 Å². The maximum absolute atomic E-state index is 12.9. The molecular formula is C20H22ClN3O3S. The molecule has 2 saturated heterocycles. The van der Waals surface area contributed by atoms with Gasteiger partial charge in [0, 0.05) is 49.0 Å². The average molecular weight is 420 g/mol. The van der Waals surface area contributed by atoms with E-state index in [0.717, 1.165) is 18.8 Å². The Kier molecular flexibility index (Phi) is 5.21. The predicted molar refractivity (Wildman–Crippen MR) is 112 cm³/mol. The van der Waals surface area contributed by atoms with Crippen LogP contribution >= 0.6 is 11.6 Å². The number of benzene rings is 2. The number of hydrogen-bond donors (Lipinski definition) is 0. The normalized spacial score (nSPS) is 19.1. The van der Waals surface area contributed by atoms with Crippen molar-refractivity contribution in [3.8, 4) is 0 Å². The molecule has 6 nitrogen and oxygen atoms in total. The van der Waals surface area contributed by atoms with Crippen molar-refractivity contribution < 1.29 is 13.2 Å². The summed E-state index contributed by atoms with van der Waals surface area (Å²) in [7, 11) is -3.26. The Balaban J connectivity index is 1.45. The van der Waals surface area contributed by atoms with Crippen LogP contribution in [0, 0.1) is 0 Å². The molecule has 28 heavy (non-hydrogen) atoms. The van der Waals surface area contributed by atoms with Gasteiger partial charge in [0.25, 0.3) is 5.91 Å². The van der Waals surface area contributed by atoms with E-state index in [-0.39, 0.29) is 11.7 Å². The molecule has 0 aromatic heterocycles. The molecule has 0 aliphatic carbocycles. The maximum atomic E-state index is 12.9. The van der Waals surface area contributed by atoms with E-state index >= 15 is 0 Å². The number of carbonyl (C=O) groups is 1. The molecule has 148 valence electrons. The summed E-state index contributed by atoms with van der Waals surface area (Å²) in [5.41, 5.74) is 2.15. The van der Waals surface area contributed by atoms with Crippen LogP contribution in [0.15, 0.2) is 48.5 Å². The van der Waals surface area contributed by atoms with Gasteiger partial charge in [0.2, 0.25) is 10.0 Å². The Morgan fingerprint density at radius 1 is 0.893 bits per heavy atom. The fraction of sp³-hybridized carbons (Fsp3) is 0.350. The van der Waals surface area contributed by atoms with Gasteiger partial charge in [-0.25, -0.2) is 8.42 Å². The molecule has 4 rings (SSSR count). The number of halogens is 1. The fourth-order valence-corrected chi connectivity index (χ4v) is 5.49. The zero-order valence-corrected chi connectivity index (χ0v) is 17.0. The van der Waals surface area contributed by atoms with Crippen molar-refractivity contribution >= 4 is 38.9 Å². The van der Waals surface area contributed by atoms with E-state index in [1.165, 1.54) is 4.31 Å². The van der Waals surface area contributed by atoms with E-state index in [1.54, 1.807) is 24.3 Å². The Bertz CT molecular complexity index is 988. The van der Waals surface area contributed by atoms with Crippen molar-refractivity contribution in [2.24, 2.45) is 0 Å². The summed E-state index contributed by atoms with van der Waals surface area (Å²) in [6, 6.07) is 14.6. The highest BCUT2D eigenvalue weighted by atomic mass is 35.5. The molecule has 0 atom stereocenters. The highest BCUT2D eigenvalue weighted by Crippen LogP contribution is 2.26. The highest BCUT2D eigenvalue weighted by molar-refractivity contribution is 7.93. The van der Waals surface area contributed by atoms with Gasteiger partial charge in [-0.1, -0.05) is 23.7 Å². The molecule has 2 aromatic rings. The van der Waals surface area contributed by atoms with Crippen molar-refractivity contribution in [3.05, 3.63) is 59.1 Å². The van der Waals surface area contributed by atoms with E-state index < -0.39 is 10.0 Å². The molecule has 0 spiro atoms. The summed E-state index contributed by atoms with van der Waals surface area (Å²) >= 11 is 6.07. The van der Waals surface area contributed by atoms with Gasteiger partial charge < -0.3 is 9.80 Å². The first-order valence-corrected chi connectivity index (χ1v) is 11.3. The lowest BCUT2D eigenvalue weighted by molar-refractivity contribution is 0.0747. The highest BCUT2D eigenvalue weighted by Gasteiger charge is 2.29. The predicted octanol–water partition coefficient (Wildman–Crippen LogP) is 2.84. The van der Waals surface area contributed by atoms with Gasteiger partial charge >= 0.3 is 0 Å². The molecular weight excluding hydrogens is 398 g/mol. The Morgan fingerprint density at radius 2 is 1.61 bits per heavy atom. The van der Waals surface area contributed by atoms with Crippen LogP contribution in [0.2, 0.25) is 5.02 Å². The number of rotatable bonds is 3. The largest absolute Gasteiger partial charge is 0.368 e.